The predicted molar refractivity (Wildman–Crippen MR) is 138 cm³/mol. The Labute approximate surface area is 224 Å². The first-order valence-electron chi connectivity index (χ1n) is 13.2. The van der Waals surface area contributed by atoms with E-state index >= 15 is 0 Å². The molecule has 1 fully saturated rings. The topological polar surface area (TPSA) is 198 Å². The lowest BCUT2D eigenvalue weighted by molar-refractivity contribution is -0.137. The van der Waals surface area contributed by atoms with Crippen molar-refractivity contribution < 1.29 is 44.3 Å². The van der Waals surface area contributed by atoms with E-state index in [9.17, 15) is 34.5 Å². The molecule has 0 radical (unpaired) electrons. The zero-order valence-electron chi connectivity index (χ0n) is 22.9. The van der Waals surface area contributed by atoms with Gasteiger partial charge in [-0.1, -0.05) is 6.42 Å². The maximum Gasteiger partial charge on any atom is 0.408 e. The molecule has 0 aromatic carbocycles. The number of unbranched alkanes of at least 4 members (excludes halogenated alkanes) is 3. The number of hydrogen-bond acceptors (Lipinski definition) is 9. The molecule has 1 heterocycles. The number of carbonyl (C=O) groups is 4. The Kier molecular flexibility index (Phi) is 14.5. The van der Waals surface area contributed by atoms with Crippen molar-refractivity contribution in [3.8, 4) is 0 Å². The second-order valence-corrected chi connectivity index (χ2v) is 10.7. The van der Waals surface area contributed by atoms with Gasteiger partial charge in [0.2, 0.25) is 11.8 Å². The largest absolute Gasteiger partial charge is 0.481 e. The normalized spacial score (nSPS) is 22.8. The molecule has 38 heavy (non-hydrogen) atoms. The predicted octanol–water partition coefficient (Wildman–Crippen LogP) is -0.286. The Morgan fingerprint density at radius 3 is 2.29 bits per heavy atom. The van der Waals surface area contributed by atoms with Crippen LogP contribution >= 0.6 is 0 Å². The van der Waals surface area contributed by atoms with Gasteiger partial charge in [-0.25, -0.2) is 4.79 Å². The SMILES string of the molecule is CC(=O)N[C@H]1CN(CCCC[C@H](NC(=O)OC(C)(C)C)C(=O)NCCCCCC(=O)O)[C@H](CO)[C@@H](O)[C@@H]1O. The zero-order chi connectivity index (χ0) is 28.9. The average Bonchev–Trinajstić information content (AvgIpc) is 2.79. The molecular formula is C25H46N4O9. The van der Waals surface area contributed by atoms with Crippen LogP contribution in [-0.4, -0.2) is 111 Å². The van der Waals surface area contributed by atoms with Crippen LogP contribution in [0.1, 0.15) is 72.6 Å². The monoisotopic (exact) mass is 546 g/mol. The highest BCUT2D eigenvalue weighted by Crippen LogP contribution is 2.20. The van der Waals surface area contributed by atoms with Gasteiger partial charge in [-0.3, -0.25) is 19.3 Å². The fourth-order valence-corrected chi connectivity index (χ4v) is 4.35. The number of ether oxygens (including phenoxy) is 1. The van der Waals surface area contributed by atoms with Crippen LogP contribution in [0.4, 0.5) is 4.79 Å². The third-order valence-electron chi connectivity index (χ3n) is 6.19. The molecule has 13 heteroatoms. The van der Waals surface area contributed by atoms with E-state index in [0.717, 1.165) is 0 Å². The van der Waals surface area contributed by atoms with Gasteiger partial charge in [0.15, 0.2) is 0 Å². The van der Waals surface area contributed by atoms with E-state index in [4.69, 9.17) is 9.84 Å². The molecule has 0 aliphatic carbocycles. The third kappa shape index (κ3) is 12.9. The molecule has 1 aliphatic heterocycles. The summed E-state index contributed by atoms with van der Waals surface area (Å²) >= 11 is 0. The number of carbonyl (C=O) groups excluding carboxylic acids is 3. The summed E-state index contributed by atoms with van der Waals surface area (Å²) in [6.45, 7) is 7.11. The van der Waals surface area contributed by atoms with Gasteiger partial charge in [0.25, 0.3) is 0 Å². The lowest BCUT2D eigenvalue weighted by atomic mass is 9.92. The molecule has 0 aromatic heterocycles. The average molecular weight is 547 g/mol. The summed E-state index contributed by atoms with van der Waals surface area (Å²) < 4.78 is 5.29. The minimum Gasteiger partial charge on any atom is -0.481 e. The number of carboxylic acid groups (broad SMARTS) is 1. The Morgan fingerprint density at radius 2 is 1.71 bits per heavy atom. The van der Waals surface area contributed by atoms with Crippen LogP contribution in [-0.2, 0) is 19.1 Å². The molecule has 220 valence electrons. The van der Waals surface area contributed by atoms with E-state index in [-0.39, 0.29) is 31.4 Å². The standard InChI is InChI=1S/C25H46N4O9/c1-16(31)27-18-14-29(19(15-30)22(35)21(18)34)13-9-7-10-17(28-24(37)38-25(2,3)4)23(36)26-12-8-5-6-11-20(32)33/h17-19,21-22,30,34-35H,5-15H2,1-4H3,(H,26,36)(H,27,31)(H,28,37)(H,32,33)/t17-,18-,19+,21+,22+/m0/s1. The van der Waals surface area contributed by atoms with Crippen LogP contribution < -0.4 is 16.0 Å². The maximum absolute atomic E-state index is 12.8. The summed E-state index contributed by atoms with van der Waals surface area (Å²) in [7, 11) is 0. The molecule has 7 N–H and O–H groups in total. The van der Waals surface area contributed by atoms with Crippen LogP contribution in [0.25, 0.3) is 0 Å². The molecule has 13 nitrogen and oxygen atoms in total. The van der Waals surface area contributed by atoms with Crippen LogP contribution in [0.3, 0.4) is 0 Å². The van der Waals surface area contributed by atoms with Crippen molar-refractivity contribution >= 4 is 23.9 Å². The Hall–Kier alpha value is -2.48. The van der Waals surface area contributed by atoms with Gasteiger partial charge in [-0.15, -0.1) is 0 Å². The first-order valence-corrected chi connectivity index (χ1v) is 13.2. The Morgan fingerprint density at radius 1 is 1.03 bits per heavy atom. The highest BCUT2D eigenvalue weighted by atomic mass is 16.6. The number of nitrogens with one attached hydrogen (secondary N) is 3. The van der Waals surface area contributed by atoms with Gasteiger partial charge >= 0.3 is 12.1 Å². The number of aliphatic carboxylic acids is 1. The van der Waals surface area contributed by atoms with Crippen molar-refractivity contribution in [3.05, 3.63) is 0 Å². The number of amides is 3. The number of rotatable bonds is 15. The van der Waals surface area contributed by atoms with Crippen LogP contribution in [0.2, 0.25) is 0 Å². The molecule has 0 spiro atoms. The summed E-state index contributed by atoms with van der Waals surface area (Å²) in [5.41, 5.74) is -0.737. The minimum absolute atomic E-state index is 0.0759. The fourth-order valence-electron chi connectivity index (χ4n) is 4.35. The molecule has 0 aromatic rings. The molecule has 1 saturated heterocycles. The molecule has 0 unspecified atom stereocenters. The summed E-state index contributed by atoms with van der Waals surface area (Å²) in [5, 5.41) is 47.2. The van der Waals surface area contributed by atoms with E-state index in [1.807, 2.05) is 0 Å². The third-order valence-corrected chi connectivity index (χ3v) is 6.19. The summed E-state index contributed by atoms with van der Waals surface area (Å²) in [4.78, 5) is 49.0. The minimum atomic E-state index is -1.24. The van der Waals surface area contributed by atoms with Crippen LogP contribution in [0.15, 0.2) is 0 Å². The van der Waals surface area contributed by atoms with E-state index in [1.54, 1.807) is 25.7 Å². The number of aliphatic hydroxyl groups excluding tert-OH is 3. The maximum atomic E-state index is 12.8. The number of carboxylic acids is 1. The molecule has 0 saturated carbocycles. The second-order valence-electron chi connectivity index (χ2n) is 10.7. The molecule has 1 aliphatic rings. The highest BCUT2D eigenvalue weighted by Gasteiger charge is 2.41. The quantitative estimate of drug-likeness (QED) is 0.134. The smallest absolute Gasteiger partial charge is 0.408 e. The van der Waals surface area contributed by atoms with Crippen LogP contribution in [0.5, 0.6) is 0 Å². The Bertz CT molecular complexity index is 774. The summed E-state index contributed by atoms with van der Waals surface area (Å²) in [6, 6.07) is -2.23. The number of piperidine rings is 1. The van der Waals surface area contributed by atoms with E-state index < -0.39 is 48.0 Å². The van der Waals surface area contributed by atoms with E-state index in [0.29, 0.717) is 51.6 Å². The first kappa shape index (κ1) is 33.5. The molecule has 1 rings (SSSR count). The van der Waals surface area contributed by atoms with E-state index in [1.165, 1.54) is 6.92 Å². The lowest BCUT2D eigenvalue weighted by Crippen LogP contribution is -2.66. The molecule has 0 bridgehead atoms. The van der Waals surface area contributed by atoms with Gasteiger partial charge in [-0.05, 0) is 59.4 Å². The number of aliphatic hydroxyl groups is 3. The van der Waals surface area contributed by atoms with Crippen molar-refractivity contribution in [2.75, 3.05) is 26.2 Å². The highest BCUT2D eigenvalue weighted by molar-refractivity contribution is 5.85. The van der Waals surface area contributed by atoms with Gasteiger partial charge in [-0.2, -0.15) is 0 Å². The van der Waals surface area contributed by atoms with Crippen molar-refractivity contribution in [2.45, 2.75) is 109 Å². The van der Waals surface area contributed by atoms with Gasteiger partial charge in [0.05, 0.1) is 24.8 Å². The zero-order valence-corrected chi connectivity index (χ0v) is 22.9. The number of nitrogens with zero attached hydrogens (tertiary/aromatic N) is 1. The molecule has 3 amide bonds. The first-order chi connectivity index (χ1) is 17.7. The van der Waals surface area contributed by atoms with Crippen molar-refractivity contribution in [1.29, 1.82) is 0 Å². The number of alkyl carbamates (subject to hydrolysis) is 1. The van der Waals surface area contributed by atoms with Gasteiger partial charge in [0, 0.05) is 26.4 Å². The summed E-state index contributed by atoms with van der Waals surface area (Å²) in [5.74, 6) is -1.57. The number of likely N-dealkylation sites (tertiary alicyclic amines) is 1. The van der Waals surface area contributed by atoms with Crippen molar-refractivity contribution in [2.24, 2.45) is 0 Å². The van der Waals surface area contributed by atoms with Crippen LogP contribution in [0, 0.1) is 0 Å². The summed E-state index contributed by atoms with van der Waals surface area (Å²) in [6.07, 6.45) is 0.0738. The molecule has 5 atom stereocenters. The Balaban J connectivity index is 2.67. The van der Waals surface area contributed by atoms with Gasteiger partial charge in [0.1, 0.15) is 17.7 Å². The van der Waals surface area contributed by atoms with Crippen molar-refractivity contribution in [1.82, 2.24) is 20.9 Å². The number of hydrogen-bond donors (Lipinski definition) is 7. The molecular weight excluding hydrogens is 500 g/mol. The second kappa shape index (κ2) is 16.5. The van der Waals surface area contributed by atoms with Gasteiger partial charge < -0.3 is 41.1 Å². The van der Waals surface area contributed by atoms with E-state index in [2.05, 4.69) is 16.0 Å². The fraction of sp³-hybridized carbons (Fsp3) is 0.840. The lowest BCUT2D eigenvalue weighted by Gasteiger charge is -2.45. The van der Waals surface area contributed by atoms with Crippen molar-refractivity contribution in [3.63, 3.8) is 0 Å².